The van der Waals surface area contributed by atoms with Gasteiger partial charge in [0, 0.05) is 12.2 Å². The minimum atomic E-state index is -4.53. The summed E-state index contributed by atoms with van der Waals surface area (Å²) < 4.78 is 42.8. The molecule has 96 valence electrons. The van der Waals surface area contributed by atoms with Crippen molar-refractivity contribution in [2.45, 2.75) is 19.0 Å². The van der Waals surface area contributed by atoms with Crippen LogP contribution >= 0.6 is 0 Å². The number of phenols is 1. The second-order valence-corrected chi connectivity index (χ2v) is 3.47. The lowest BCUT2D eigenvalue weighted by Gasteiger charge is -2.16. The molecule has 1 aromatic carbocycles. The lowest BCUT2D eigenvalue weighted by molar-refractivity contribution is -0.138. The first-order chi connectivity index (χ1) is 7.91. The number of aliphatic hydroxyl groups excluding tert-OH is 1. The number of halogens is 3. The number of methoxy groups -OCH3 is 1. The molecule has 0 saturated carbocycles. The number of aromatic hydroxyl groups is 1. The number of benzene rings is 1. The number of hydrogen-bond donors (Lipinski definition) is 2. The molecule has 0 unspecified atom stereocenters. The fourth-order valence-corrected chi connectivity index (χ4v) is 1.55. The van der Waals surface area contributed by atoms with Gasteiger partial charge in [-0.05, 0) is 25.0 Å². The zero-order valence-corrected chi connectivity index (χ0v) is 9.21. The van der Waals surface area contributed by atoms with Gasteiger partial charge >= 0.3 is 6.18 Å². The largest absolute Gasteiger partial charge is 0.504 e. The molecule has 1 rings (SSSR count). The van der Waals surface area contributed by atoms with Crippen molar-refractivity contribution in [3.8, 4) is 11.5 Å². The fraction of sp³-hybridized carbons (Fsp3) is 0.455. The molecular weight excluding hydrogens is 237 g/mol. The van der Waals surface area contributed by atoms with Crippen molar-refractivity contribution < 1.29 is 28.1 Å². The minimum absolute atomic E-state index is 0.00839. The number of phenolic OH excluding ortho intramolecular Hbond substituents is 1. The van der Waals surface area contributed by atoms with E-state index in [0.29, 0.717) is 0 Å². The van der Waals surface area contributed by atoms with E-state index in [2.05, 4.69) is 0 Å². The number of hydrogen-bond acceptors (Lipinski definition) is 3. The molecule has 0 fully saturated rings. The van der Waals surface area contributed by atoms with Crippen molar-refractivity contribution in [1.82, 2.24) is 0 Å². The second kappa shape index (κ2) is 5.27. The fourth-order valence-electron chi connectivity index (χ4n) is 1.55. The SMILES string of the molecule is COc1ccc(C(F)(F)F)c(CCCO)c1O. The predicted octanol–water partition coefficient (Wildman–Crippen LogP) is 2.34. The van der Waals surface area contributed by atoms with Crippen LogP contribution in [0.3, 0.4) is 0 Å². The van der Waals surface area contributed by atoms with E-state index in [4.69, 9.17) is 9.84 Å². The van der Waals surface area contributed by atoms with Gasteiger partial charge in [-0.1, -0.05) is 0 Å². The highest BCUT2D eigenvalue weighted by Crippen LogP contribution is 2.40. The topological polar surface area (TPSA) is 49.7 Å². The quantitative estimate of drug-likeness (QED) is 0.862. The molecule has 0 atom stereocenters. The number of alkyl halides is 3. The Hall–Kier alpha value is -1.43. The van der Waals surface area contributed by atoms with Crippen LogP contribution in [-0.2, 0) is 12.6 Å². The maximum atomic E-state index is 12.7. The van der Waals surface area contributed by atoms with Crippen molar-refractivity contribution in [3.63, 3.8) is 0 Å². The van der Waals surface area contributed by atoms with Crippen molar-refractivity contribution in [2.24, 2.45) is 0 Å². The summed E-state index contributed by atoms with van der Waals surface area (Å²) in [5, 5.41) is 18.3. The number of rotatable bonds is 4. The van der Waals surface area contributed by atoms with Gasteiger partial charge in [-0.15, -0.1) is 0 Å². The van der Waals surface area contributed by atoms with E-state index in [1.807, 2.05) is 0 Å². The van der Waals surface area contributed by atoms with Gasteiger partial charge in [-0.25, -0.2) is 0 Å². The molecule has 0 saturated heterocycles. The van der Waals surface area contributed by atoms with Gasteiger partial charge in [-0.2, -0.15) is 13.2 Å². The Labute approximate surface area is 96.5 Å². The van der Waals surface area contributed by atoms with Crippen molar-refractivity contribution in [3.05, 3.63) is 23.3 Å². The van der Waals surface area contributed by atoms with Gasteiger partial charge in [0.2, 0.25) is 0 Å². The predicted molar refractivity (Wildman–Crippen MR) is 55.1 cm³/mol. The molecule has 0 spiro atoms. The highest BCUT2D eigenvalue weighted by Gasteiger charge is 2.35. The van der Waals surface area contributed by atoms with E-state index in [1.165, 1.54) is 7.11 Å². The molecule has 2 N–H and O–H groups in total. The molecule has 1 aromatic rings. The van der Waals surface area contributed by atoms with Crippen LogP contribution in [0, 0.1) is 0 Å². The Morgan fingerprint density at radius 3 is 2.41 bits per heavy atom. The van der Waals surface area contributed by atoms with Crippen LogP contribution in [0.25, 0.3) is 0 Å². The van der Waals surface area contributed by atoms with Gasteiger partial charge in [-0.3, -0.25) is 0 Å². The van der Waals surface area contributed by atoms with E-state index in [-0.39, 0.29) is 30.8 Å². The van der Waals surface area contributed by atoms with Crippen molar-refractivity contribution >= 4 is 0 Å². The van der Waals surface area contributed by atoms with E-state index in [0.717, 1.165) is 12.1 Å². The summed E-state index contributed by atoms with van der Waals surface area (Å²) in [6.07, 6.45) is -4.45. The summed E-state index contributed by atoms with van der Waals surface area (Å²) in [5.41, 5.74) is -1.14. The van der Waals surface area contributed by atoms with Crippen molar-refractivity contribution in [2.75, 3.05) is 13.7 Å². The summed E-state index contributed by atoms with van der Waals surface area (Å²) in [6.45, 7) is -0.242. The third kappa shape index (κ3) is 3.03. The number of aliphatic hydroxyl groups is 1. The molecule has 0 aliphatic carbocycles. The lowest BCUT2D eigenvalue weighted by atomic mass is 10.0. The molecule has 17 heavy (non-hydrogen) atoms. The standard InChI is InChI=1S/C11H13F3O3/c1-17-9-5-4-8(11(12,13)14)7(10(9)16)3-2-6-15/h4-5,15-16H,2-3,6H2,1H3. The maximum Gasteiger partial charge on any atom is 0.416 e. The van der Waals surface area contributed by atoms with E-state index in [9.17, 15) is 18.3 Å². The summed E-state index contributed by atoms with van der Waals surface area (Å²) in [7, 11) is 1.26. The molecular formula is C11H13F3O3. The Kier molecular flexibility index (Phi) is 4.22. The highest BCUT2D eigenvalue weighted by atomic mass is 19.4. The first kappa shape index (κ1) is 13.6. The summed E-state index contributed by atoms with van der Waals surface area (Å²) in [4.78, 5) is 0. The van der Waals surface area contributed by atoms with Gasteiger partial charge < -0.3 is 14.9 Å². The van der Waals surface area contributed by atoms with Gasteiger partial charge in [0.15, 0.2) is 11.5 Å². The molecule has 0 aromatic heterocycles. The van der Waals surface area contributed by atoms with Crippen LogP contribution in [0.15, 0.2) is 12.1 Å². The Bertz CT molecular complexity index is 388. The van der Waals surface area contributed by atoms with Gasteiger partial charge in [0.25, 0.3) is 0 Å². The Balaban J connectivity index is 3.25. The van der Waals surface area contributed by atoms with E-state index < -0.39 is 17.5 Å². The smallest absolute Gasteiger partial charge is 0.416 e. The molecule has 0 bridgehead atoms. The van der Waals surface area contributed by atoms with Crippen LogP contribution in [0.1, 0.15) is 17.5 Å². The number of ether oxygens (including phenoxy) is 1. The van der Waals surface area contributed by atoms with E-state index in [1.54, 1.807) is 0 Å². The molecule has 3 nitrogen and oxygen atoms in total. The van der Waals surface area contributed by atoms with Crippen LogP contribution in [-0.4, -0.2) is 23.9 Å². The normalized spacial score (nSPS) is 11.6. The third-order valence-corrected chi connectivity index (χ3v) is 2.36. The summed E-state index contributed by atoms with van der Waals surface area (Å²) >= 11 is 0. The highest BCUT2D eigenvalue weighted by molar-refractivity contribution is 5.50. The molecule has 0 aliphatic heterocycles. The Morgan fingerprint density at radius 1 is 1.29 bits per heavy atom. The van der Waals surface area contributed by atoms with Crippen molar-refractivity contribution in [1.29, 1.82) is 0 Å². The lowest BCUT2D eigenvalue weighted by Crippen LogP contribution is -2.10. The van der Waals surface area contributed by atoms with Crippen LogP contribution in [0.2, 0.25) is 0 Å². The zero-order valence-electron chi connectivity index (χ0n) is 9.21. The molecule has 0 radical (unpaired) electrons. The molecule has 0 aliphatic rings. The van der Waals surface area contributed by atoms with Gasteiger partial charge in [0.1, 0.15) is 0 Å². The summed E-state index contributed by atoms with van der Waals surface area (Å²) in [6, 6.07) is 1.94. The van der Waals surface area contributed by atoms with Crippen LogP contribution in [0.5, 0.6) is 11.5 Å². The third-order valence-electron chi connectivity index (χ3n) is 2.36. The monoisotopic (exact) mass is 250 g/mol. The van der Waals surface area contributed by atoms with E-state index >= 15 is 0 Å². The molecule has 6 heteroatoms. The maximum absolute atomic E-state index is 12.7. The average molecular weight is 250 g/mol. The Morgan fingerprint density at radius 2 is 1.94 bits per heavy atom. The van der Waals surface area contributed by atoms with Gasteiger partial charge in [0.05, 0.1) is 12.7 Å². The molecule has 0 amide bonds. The van der Waals surface area contributed by atoms with Crippen LogP contribution < -0.4 is 4.74 Å². The van der Waals surface area contributed by atoms with Crippen LogP contribution in [0.4, 0.5) is 13.2 Å². The summed E-state index contributed by atoms with van der Waals surface area (Å²) in [5.74, 6) is -0.526. The average Bonchev–Trinajstić information content (AvgIpc) is 2.25. The second-order valence-electron chi connectivity index (χ2n) is 3.47. The molecule has 0 heterocycles. The first-order valence-electron chi connectivity index (χ1n) is 4.98. The first-order valence-corrected chi connectivity index (χ1v) is 4.98. The minimum Gasteiger partial charge on any atom is -0.504 e. The zero-order chi connectivity index (χ0) is 13.1.